The molecule has 0 aliphatic carbocycles. The molecule has 0 saturated carbocycles. The average molecular weight is 181 g/mol. The number of anilines is 1. The molecule has 0 spiro atoms. The summed E-state index contributed by atoms with van der Waals surface area (Å²) in [6.07, 6.45) is 3.46. The quantitative estimate of drug-likeness (QED) is 0.647. The van der Waals surface area contributed by atoms with E-state index in [2.05, 4.69) is 25.7 Å². The van der Waals surface area contributed by atoms with E-state index in [1.54, 1.807) is 0 Å². The van der Waals surface area contributed by atoms with Crippen LogP contribution >= 0.6 is 0 Å². The van der Waals surface area contributed by atoms with Crippen molar-refractivity contribution >= 4 is 11.7 Å². The number of nitrogens with one attached hydrogen (secondary N) is 2. The summed E-state index contributed by atoms with van der Waals surface area (Å²) in [7, 11) is 0. The Hall–Kier alpha value is -1.43. The number of nitrogens with zero attached hydrogens (tertiary/aromatic N) is 3. The van der Waals surface area contributed by atoms with E-state index in [0.29, 0.717) is 12.6 Å². The highest BCUT2D eigenvalue weighted by molar-refractivity contribution is 5.86. The summed E-state index contributed by atoms with van der Waals surface area (Å²) in [6.45, 7) is 1.45. The zero-order chi connectivity index (χ0) is 8.93. The molecule has 1 saturated heterocycles. The van der Waals surface area contributed by atoms with Crippen LogP contribution in [0.1, 0.15) is 12.8 Å². The summed E-state index contributed by atoms with van der Waals surface area (Å²) in [5.74, 6) is 0.554. The highest BCUT2D eigenvalue weighted by atomic mass is 16.5. The third-order valence-corrected chi connectivity index (χ3v) is 1.76. The molecule has 0 atom stereocenters. The van der Waals surface area contributed by atoms with Gasteiger partial charge >= 0.3 is 0 Å². The number of hydrogen-bond acceptors (Lipinski definition) is 5. The Morgan fingerprint density at radius 2 is 2.62 bits per heavy atom. The predicted octanol–water partition coefficient (Wildman–Crippen LogP) is 0.383. The van der Waals surface area contributed by atoms with E-state index in [9.17, 15) is 0 Å². The van der Waals surface area contributed by atoms with Crippen molar-refractivity contribution < 1.29 is 4.74 Å². The monoisotopic (exact) mass is 181 g/mol. The van der Waals surface area contributed by atoms with Crippen molar-refractivity contribution in [1.82, 2.24) is 15.2 Å². The number of H-pyrrole nitrogens is 1. The first-order chi connectivity index (χ1) is 6.45. The Kier molecular flexibility index (Phi) is 2.51. The van der Waals surface area contributed by atoms with Crippen LogP contribution in [0, 0.1) is 0 Å². The van der Waals surface area contributed by atoms with Crippen LogP contribution in [-0.4, -0.2) is 34.1 Å². The van der Waals surface area contributed by atoms with Gasteiger partial charge < -0.3 is 4.74 Å². The molecule has 0 bridgehead atoms. The minimum absolute atomic E-state index is 0.554. The average Bonchev–Trinajstić information content (AvgIpc) is 2.69. The van der Waals surface area contributed by atoms with Crippen molar-refractivity contribution in [3.63, 3.8) is 0 Å². The molecule has 1 aromatic heterocycles. The number of hydrogen-bond donors (Lipinski definition) is 2. The van der Waals surface area contributed by atoms with Gasteiger partial charge in [-0.1, -0.05) is 0 Å². The second-order valence-electron chi connectivity index (χ2n) is 2.78. The summed E-state index contributed by atoms with van der Waals surface area (Å²) in [5.41, 5.74) is 3.79. The van der Waals surface area contributed by atoms with E-state index in [1.165, 1.54) is 6.33 Å². The largest absolute Gasteiger partial charge is 0.375 e. The van der Waals surface area contributed by atoms with Crippen molar-refractivity contribution in [1.29, 1.82) is 0 Å². The number of aromatic amines is 1. The van der Waals surface area contributed by atoms with Gasteiger partial charge in [-0.3, -0.25) is 0 Å². The Bertz CT molecular complexity index is 273. The first kappa shape index (κ1) is 8.18. The molecular weight excluding hydrogens is 170 g/mol. The standard InChI is InChI=1S/C7H11N5O/c1-2-6(4-13-3-1)10-12-7-8-5-9-11-7/h5H,1-4H2,(H2,8,9,11,12)/b10-6+. The fraction of sp³-hybridized carbons (Fsp3) is 0.571. The SMILES string of the molecule is c1n[nH]c(N/N=C2\CCCOC2)n1. The van der Waals surface area contributed by atoms with E-state index in [0.717, 1.165) is 25.2 Å². The fourth-order valence-electron chi connectivity index (χ4n) is 1.12. The first-order valence-corrected chi connectivity index (χ1v) is 4.20. The van der Waals surface area contributed by atoms with Gasteiger partial charge in [0.15, 0.2) is 0 Å². The Labute approximate surface area is 75.4 Å². The molecule has 1 aliphatic rings. The summed E-state index contributed by atoms with van der Waals surface area (Å²) in [4.78, 5) is 3.87. The van der Waals surface area contributed by atoms with E-state index < -0.39 is 0 Å². The summed E-state index contributed by atoms with van der Waals surface area (Å²) < 4.78 is 5.23. The number of rotatable bonds is 2. The van der Waals surface area contributed by atoms with Crippen molar-refractivity contribution in [2.75, 3.05) is 18.6 Å². The maximum atomic E-state index is 5.23. The van der Waals surface area contributed by atoms with Crippen molar-refractivity contribution in [2.45, 2.75) is 12.8 Å². The molecule has 0 aromatic carbocycles. The normalized spacial score (nSPS) is 20.5. The first-order valence-electron chi connectivity index (χ1n) is 4.20. The maximum absolute atomic E-state index is 5.23. The molecule has 13 heavy (non-hydrogen) atoms. The van der Waals surface area contributed by atoms with Crippen molar-refractivity contribution in [3.05, 3.63) is 6.33 Å². The maximum Gasteiger partial charge on any atom is 0.239 e. The lowest BCUT2D eigenvalue weighted by atomic mass is 10.2. The molecule has 6 nitrogen and oxygen atoms in total. The number of aromatic nitrogens is 3. The van der Waals surface area contributed by atoms with Gasteiger partial charge in [0, 0.05) is 6.61 Å². The predicted molar refractivity (Wildman–Crippen MR) is 47.5 cm³/mol. The summed E-state index contributed by atoms with van der Waals surface area (Å²) in [5, 5.41) is 10.5. The second kappa shape index (κ2) is 3.99. The van der Waals surface area contributed by atoms with E-state index in [-0.39, 0.29) is 0 Å². The van der Waals surface area contributed by atoms with Crippen LogP contribution in [0.15, 0.2) is 11.4 Å². The van der Waals surface area contributed by atoms with Crippen LogP contribution in [0.5, 0.6) is 0 Å². The van der Waals surface area contributed by atoms with Crippen LogP contribution in [0.4, 0.5) is 5.95 Å². The number of ether oxygens (including phenoxy) is 1. The molecule has 70 valence electrons. The van der Waals surface area contributed by atoms with Gasteiger partial charge in [0.2, 0.25) is 5.95 Å². The summed E-state index contributed by atoms with van der Waals surface area (Å²) in [6, 6.07) is 0. The van der Waals surface area contributed by atoms with E-state index in [4.69, 9.17) is 4.74 Å². The Morgan fingerprint density at radius 1 is 1.62 bits per heavy atom. The lowest BCUT2D eigenvalue weighted by Gasteiger charge is -2.12. The van der Waals surface area contributed by atoms with E-state index >= 15 is 0 Å². The highest BCUT2D eigenvalue weighted by Crippen LogP contribution is 2.03. The fourth-order valence-corrected chi connectivity index (χ4v) is 1.12. The third-order valence-electron chi connectivity index (χ3n) is 1.76. The van der Waals surface area contributed by atoms with Crippen LogP contribution in [0.25, 0.3) is 0 Å². The van der Waals surface area contributed by atoms with Gasteiger partial charge in [-0.2, -0.15) is 15.2 Å². The van der Waals surface area contributed by atoms with Crippen LogP contribution in [-0.2, 0) is 4.74 Å². The van der Waals surface area contributed by atoms with Crippen LogP contribution in [0.3, 0.4) is 0 Å². The molecule has 1 aromatic rings. The molecule has 0 amide bonds. The molecule has 2 N–H and O–H groups in total. The molecular formula is C7H11N5O. The lowest BCUT2D eigenvalue weighted by Crippen LogP contribution is -2.18. The lowest BCUT2D eigenvalue weighted by molar-refractivity contribution is 0.154. The minimum Gasteiger partial charge on any atom is -0.375 e. The Balaban J connectivity index is 1.89. The highest BCUT2D eigenvalue weighted by Gasteiger charge is 2.06. The van der Waals surface area contributed by atoms with Gasteiger partial charge in [-0.25, -0.2) is 10.5 Å². The molecule has 0 radical (unpaired) electrons. The van der Waals surface area contributed by atoms with Crippen molar-refractivity contribution in [2.24, 2.45) is 5.10 Å². The topological polar surface area (TPSA) is 75.2 Å². The van der Waals surface area contributed by atoms with Gasteiger partial charge in [-0.15, -0.1) is 0 Å². The van der Waals surface area contributed by atoms with Gasteiger partial charge in [0.1, 0.15) is 6.33 Å². The smallest absolute Gasteiger partial charge is 0.239 e. The second-order valence-corrected chi connectivity index (χ2v) is 2.78. The van der Waals surface area contributed by atoms with Crippen LogP contribution in [0.2, 0.25) is 0 Å². The molecule has 6 heteroatoms. The van der Waals surface area contributed by atoms with Crippen LogP contribution < -0.4 is 5.43 Å². The molecule has 0 unspecified atom stereocenters. The molecule has 1 aliphatic heterocycles. The molecule has 2 heterocycles. The molecule has 2 rings (SSSR count). The molecule has 1 fully saturated rings. The zero-order valence-corrected chi connectivity index (χ0v) is 7.16. The van der Waals surface area contributed by atoms with Gasteiger partial charge in [-0.05, 0) is 12.8 Å². The summed E-state index contributed by atoms with van der Waals surface area (Å²) >= 11 is 0. The number of hydrazone groups is 1. The zero-order valence-electron chi connectivity index (χ0n) is 7.16. The van der Waals surface area contributed by atoms with Gasteiger partial charge in [0.05, 0.1) is 12.3 Å². The van der Waals surface area contributed by atoms with Gasteiger partial charge in [0.25, 0.3) is 0 Å². The Morgan fingerprint density at radius 3 is 3.31 bits per heavy atom. The van der Waals surface area contributed by atoms with Crippen molar-refractivity contribution in [3.8, 4) is 0 Å². The van der Waals surface area contributed by atoms with E-state index in [1.807, 2.05) is 0 Å². The minimum atomic E-state index is 0.554. The third kappa shape index (κ3) is 2.25.